The molecule has 0 saturated heterocycles. The van der Waals surface area contributed by atoms with Gasteiger partial charge in [0, 0.05) is 22.5 Å². The van der Waals surface area contributed by atoms with Gasteiger partial charge >= 0.3 is 0 Å². The molecule has 2 rings (SSSR count). The molecule has 0 amide bonds. The second-order valence-corrected chi connectivity index (χ2v) is 3.61. The van der Waals surface area contributed by atoms with Crippen LogP contribution in [0.1, 0.15) is 26.3 Å². The number of benzene rings is 2. The van der Waals surface area contributed by atoms with Crippen molar-refractivity contribution >= 4 is 16.5 Å². The van der Waals surface area contributed by atoms with E-state index in [9.17, 15) is 13.2 Å². The van der Waals surface area contributed by atoms with Crippen LogP contribution in [-0.4, -0.2) is 0 Å². The molecule has 0 spiro atoms. The van der Waals surface area contributed by atoms with Crippen molar-refractivity contribution in [3.05, 3.63) is 41.2 Å². The summed E-state index contributed by atoms with van der Waals surface area (Å²) in [5.74, 6) is -2.99. The highest BCUT2D eigenvalue weighted by Crippen LogP contribution is 2.29. The number of aryl methyl sites for hydroxylation is 1. The standard InChI is InChI=1S/C12H10F3N.C2H6/c1-2-6-3-7(16)4-8-9(13)5-10(14)12(15)11(6)8;1-2/h3-5H,2,16H2,1H3;1-2H3. The van der Waals surface area contributed by atoms with Crippen LogP contribution >= 0.6 is 0 Å². The lowest BCUT2D eigenvalue weighted by atomic mass is 10.0. The van der Waals surface area contributed by atoms with Gasteiger partial charge in [-0.2, -0.15) is 0 Å². The van der Waals surface area contributed by atoms with E-state index in [0.717, 1.165) is 0 Å². The minimum Gasteiger partial charge on any atom is -0.399 e. The fourth-order valence-electron chi connectivity index (χ4n) is 1.83. The molecule has 2 aromatic carbocycles. The van der Waals surface area contributed by atoms with Crippen LogP contribution in [0.2, 0.25) is 0 Å². The van der Waals surface area contributed by atoms with Crippen LogP contribution in [0.3, 0.4) is 0 Å². The summed E-state index contributed by atoms with van der Waals surface area (Å²) in [6.45, 7) is 5.77. The Bertz CT molecular complexity index is 565. The molecule has 0 saturated carbocycles. The molecule has 0 aliphatic rings. The molecule has 0 aromatic heterocycles. The van der Waals surface area contributed by atoms with Crippen LogP contribution in [0.4, 0.5) is 18.9 Å². The van der Waals surface area contributed by atoms with Gasteiger partial charge in [-0.15, -0.1) is 0 Å². The maximum Gasteiger partial charge on any atom is 0.167 e. The SMILES string of the molecule is CC.CCc1cc(N)cc2c(F)cc(F)c(F)c12. The summed E-state index contributed by atoms with van der Waals surface area (Å²) < 4.78 is 40.1. The molecule has 2 N–H and O–H groups in total. The molecular formula is C14H16F3N. The van der Waals surface area contributed by atoms with Crippen molar-refractivity contribution in [1.29, 1.82) is 0 Å². The van der Waals surface area contributed by atoms with E-state index >= 15 is 0 Å². The predicted octanol–water partition coefficient (Wildman–Crippen LogP) is 4.43. The normalized spacial score (nSPS) is 10.1. The number of nitrogen functional groups attached to an aromatic ring is 1. The zero-order valence-corrected chi connectivity index (χ0v) is 10.7. The van der Waals surface area contributed by atoms with E-state index in [1.54, 1.807) is 6.92 Å². The molecule has 98 valence electrons. The van der Waals surface area contributed by atoms with E-state index in [0.29, 0.717) is 23.7 Å². The molecule has 0 radical (unpaired) electrons. The first-order valence-corrected chi connectivity index (χ1v) is 5.90. The molecule has 0 aliphatic heterocycles. The number of fused-ring (bicyclic) bond motifs is 1. The lowest BCUT2D eigenvalue weighted by molar-refractivity contribution is 0.505. The minimum atomic E-state index is -1.18. The zero-order chi connectivity index (χ0) is 13.9. The first kappa shape index (κ1) is 14.4. The van der Waals surface area contributed by atoms with Crippen molar-refractivity contribution in [2.45, 2.75) is 27.2 Å². The van der Waals surface area contributed by atoms with Gasteiger partial charge in [-0.25, -0.2) is 13.2 Å². The highest BCUT2D eigenvalue weighted by Gasteiger charge is 2.15. The second-order valence-electron chi connectivity index (χ2n) is 3.61. The smallest absolute Gasteiger partial charge is 0.167 e. The molecule has 1 nitrogen and oxygen atoms in total. The van der Waals surface area contributed by atoms with E-state index in [1.165, 1.54) is 12.1 Å². The molecule has 0 atom stereocenters. The van der Waals surface area contributed by atoms with E-state index in [-0.39, 0.29) is 10.8 Å². The van der Waals surface area contributed by atoms with Crippen LogP contribution in [0.15, 0.2) is 18.2 Å². The summed E-state index contributed by atoms with van der Waals surface area (Å²) in [5.41, 5.74) is 6.42. The molecule has 0 bridgehead atoms. The van der Waals surface area contributed by atoms with Crippen LogP contribution < -0.4 is 5.73 Å². The van der Waals surface area contributed by atoms with Crippen LogP contribution in [0.25, 0.3) is 10.8 Å². The Morgan fingerprint density at radius 1 is 1.00 bits per heavy atom. The third-order valence-electron chi connectivity index (χ3n) is 2.56. The van der Waals surface area contributed by atoms with Gasteiger partial charge in [0.1, 0.15) is 5.82 Å². The van der Waals surface area contributed by atoms with E-state index in [2.05, 4.69) is 0 Å². The Hall–Kier alpha value is -1.71. The van der Waals surface area contributed by atoms with E-state index in [1.807, 2.05) is 13.8 Å². The van der Waals surface area contributed by atoms with Crippen molar-refractivity contribution < 1.29 is 13.2 Å². The Balaban J connectivity index is 0.000000771. The zero-order valence-electron chi connectivity index (χ0n) is 10.7. The predicted molar refractivity (Wildman–Crippen MR) is 69.0 cm³/mol. The van der Waals surface area contributed by atoms with Gasteiger partial charge in [-0.05, 0) is 24.1 Å². The first-order chi connectivity index (χ1) is 8.54. The highest BCUT2D eigenvalue weighted by molar-refractivity contribution is 5.89. The van der Waals surface area contributed by atoms with Gasteiger partial charge in [0.05, 0.1) is 0 Å². The number of hydrogen-bond donors (Lipinski definition) is 1. The molecule has 4 heteroatoms. The van der Waals surface area contributed by atoms with Crippen molar-refractivity contribution in [3.63, 3.8) is 0 Å². The maximum atomic E-state index is 13.6. The van der Waals surface area contributed by atoms with Gasteiger partial charge in [-0.3, -0.25) is 0 Å². The van der Waals surface area contributed by atoms with Gasteiger partial charge in [-0.1, -0.05) is 20.8 Å². The van der Waals surface area contributed by atoms with Gasteiger partial charge in [0.15, 0.2) is 11.6 Å². The van der Waals surface area contributed by atoms with Crippen molar-refractivity contribution in [2.75, 3.05) is 5.73 Å². The second kappa shape index (κ2) is 5.76. The molecular weight excluding hydrogens is 239 g/mol. The average Bonchev–Trinajstić information content (AvgIpc) is 2.37. The summed E-state index contributed by atoms with van der Waals surface area (Å²) in [6.07, 6.45) is 0.460. The van der Waals surface area contributed by atoms with Crippen LogP contribution in [-0.2, 0) is 6.42 Å². The third-order valence-corrected chi connectivity index (χ3v) is 2.56. The summed E-state index contributed by atoms with van der Waals surface area (Å²) in [7, 11) is 0. The number of hydrogen-bond acceptors (Lipinski definition) is 1. The Kier molecular flexibility index (Phi) is 4.59. The van der Waals surface area contributed by atoms with Gasteiger partial charge < -0.3 is 5.73 Å². The van der Waals surface area contributed by atoms with Crippen molar-refractivity contribution in [2.24, 2.45) is 0 Å². The lowest BCUT2D eigenvalue weighted by Gasteiger charge is -2.09. The molecule has 2 aromatic rings. The number of anilines is 1. The van der Waals surface area contributed by atoms with Gasteiger partial charge in [0.25, 0.3) is 0 Å². The molecule has 0 aliphatic carbocycles. The molecule has 0 unspecified atom stereocenters. The quantitative estimate of drug-likeness (QED) is 0.592. The summed E-state index contributed by atoms with van der Waals surface area (Å²) in [4.78, 5) is 0. The van der Waals surface area contributed by atoms with Crippen LogP contribution in [0, 0.1) is 17.5 Å². The minimum absolute atomic E-state index is 0.0193. The number of rotatable bonds is 1. The van der Waals surface area contributed by atoms with E-state index < -0.39 is 17.5 Å². The Morgan fingerprint density at radius 3 is 2.17 bits per heavy atom. The van der Waals surface area contributed by atoms with Gasteiger partial charge in [0.2, 0.25) is 0 Å². The monoisotopic (exact) mass is 255 g/mol. The third kappa shape index (κ3) is 2.42. The molecule has 0 heterocycles. The first-order valence-electron chi connectivity index (χ1n) is 5.90. The number of nitrogens with two attached hydrogens (primary N) is 1. The topological polar surface area (TPSA) is 26.0 Å². The molecule has 0 fully saturated rings. The summed E-state index contributed by atoms with van der Waals surface area (Å²) in [5, 5.41) is 0.00458. The van der Waals surface area contributed by atoms with Crippen molar-refractivity contribution in [1.82, 2.24) is 0 Å². The fraction of sp³-hybridized carbons (Fsp3) is 0.286. The maximum absolute atomic E-state index is 13.6. The number of halogens is 3. The fourth-order valence-corrected chi connectivity index (χ4v) is 1.83. The Morgan fingerprint density at radius 2 is 1.61 bits per heavy atom. The molecule has 18 heavy (non-hydrogen) atoms. The average molecular weight is 255 g/mol. The summed E-state index contributed by atoms with van der Waals surface area (Å²) >= 11 is 0. The largest absolute Gasteiger partial charge is 0.399 e. The Labute approximate surface area is 104 Å². The van der Waals surface area contributed by atoms with Crippen molar-refractivity contribution in [3.8, 4) is 0 Å². The summed E-state index contributed by atoms with van der Waals surface area (Å²) in [6, 6.07) is 3.38. The van der Waals surface area contributed by atoms with E-state index in [4.69, 9.17) is 5.73 Å². The highest BCUT2D eigenvalue weighted by atomic mass is 19.2. The lowest BCUT2D eigenvalue weighted by Crippen LogP contribution is -1.97. The van der Waals surface area contributed by atoms with Crippen LogP contribution in [0.5, 0.6) is 0 Å².